The number of hydrogen-bond donors (Lipinski definition) is 0. The molecular formula is C28H30O6. The molecule has 2 fully saturated rings. The molecule has 2 heterocycles. The summed E-state index contributed by atoms with van der Waals surface area (Å²) in [6.07, 6.45) is 11.7. The topological polar surface area (TPSA) is 62.0 Å². The van der Waals surface area contributed by atoms with E-state index in [9.17, 15) is 0 Å². The highest BCUT2D eigenvalue weighted by Crippen LogP contribution is 2.18. The van der Waals surface area contributed by atoms with Crippen LogP contribution in [0.15, 0.2) is 85.4 Å². The fourth-order valence-electron chi connectivity index (χ4n) is 2.85. The third-order valence-electron chi connectivity index (χ3n) is 4.96. The first kappa shape index (κ1) is 23.7. The molecule has 2 saturated heterocycles. The lowest BCUT2D eigenvalue weighted by Crippen LogP contribution is -2.03. The van der Waals surface area contributed by atoms with Crippen molar-refractivity contribution in [3.8, 4) is 11.5 Å². The number of hydrogen-bond acceptors (Lipinski definition) is 6. The van der Waals surface area contributed by atoms with Crippen LogP contribution < -0.4 is 9.47 Å². The predicted octanol–water partition coefficient (Wildman–Crippen LogP) is 5.03. The molecule has 178 valence electrons. The highest BCUT2D eigenvalue weighted by atomic mass is 16.6. The molecular weight excluding hydrogens is 432 g/mol. The van der Waals surface area contributed by atoms with E-state index < -0.39 is 0 Å². The average Bonchev–Trinajstić information content (AvgIpc) is 3.78. The molecule has 0 aliphatic carbocycles. The van der Waals surface area contributed by atoms with Crippen molar-refractivity contribution in [3.63, 3.8) is 0 Å². The molecule has 0 aromatic heterocycles. The van der Waals surface area contributed by atoms with Crippen molar-refractivity contribution in [2.75, 3.05) is 39.6 Å². The van der Waals surface area contributed by atoms with Crippen molar-refractivity contribution in [2.45, 2.75) is 12.2 Å². The molecule has 0 bridgehead atoms. The van der Waals surface area contributed by atoms with Crippen LogP contribution in [0.25, 0.3) is 12.2 Å². The molecule has 2 aliphatic rings. The molecule has 0 N–H and O–H groups in total. The molecule has 6 heteroatoms. The minimum Gasteiger partial charge on any atom is -0.498 e. The molecule has 2 atom stereocenters. The van der Waals surface area contributed by atoms with Crippen LogP contribution in [0.5, 0.6) is 11.5 Å². The Kier molecular flexibility index (Phi) is 8.83. The van der Waals surface area contributed by atoms with Crippen LogP contribution in [-0.2, 0) is 18.9 Å². The van der Waals surface area contributed by atoms with Gasteiger partial charge in [0, 0.05) is 0 Å². The molecule has 2 aliphatic heterocycles. The lowest BCUT2D eigenvalue weighted by molar-refractivity contribution is 0.139. The predicted molar refractivity (Wildman–Crippen MR) is 132 cm³/mol. The second-order valence-corrected chi connectivity index (χ2v) is 7.88. The smallest absolute Gasteiger partial charge is 0.122 e. The van der Waals surface area contributed by atoms with Crippen LogP contribution in [-0.4, -0.2) is 51.8 Å². The molecule has 0 saturated carbocycles. The lowest BCUT2D eigenvalue weighted by Gasteiger charge is -2.06. The van der Waals surface area contributed by atoms with E-state index in [1.54, 1.807) is 6.26 Å². The minimum absolute atomic E-state index is 0.257. The van der Waals surface area contributed by atoms with E-state index in [0.717, 1.165) is 35.8 Å². The minimum atomic E-state index is 0.257. The number of epoxide rings is 2. The zero-order valence-electron chi connectivity index (χ0n) is 19.1. The third kappa shape index (κ3) is 9.17. The summed E-state index contributed by atoms with van der Waals surface area (Å²) in [4.78, 5) is 0. The molecule has 0 spiro atoms. The first-order valence-corrected chi connectivity index (χ1v) is 11.4. The van der Waals surface area contributed by atoms with E-state index in [2.05, 4.69) is 6.58 Å². The van der Waals surface area contributed by atoms with E-state index in [1.165, 1.54) is 0 Å². The third-order valence-corrected chi connectivity index (χ3v) is 4.96. The Morgan fingerprint density at radius 3 is 1.91 bits per heavy atom. The average molecular weight is 463 g/mol. The fraction of sp³-hybridized carbons (Fsp3) is 0.286. The van der Waals surface area contributed by atoms with Crippen LogP contribution in [0.2, 0.25) is 0 Å². The summed E-state index contributed by atoms with van der Waals surface area (Å²) in [5, 5.41) is 0. The first-order chi connectivity index (χ1) is 16.7. The molecule has 0 amide bonds. The number of allylic oxidation sites excluding steroid dienone is 3. The van der Waals surface area contributed by atoms with Gasteiger partial charge in [-0.15, -0.1) is 0 Å². The van der Waals surface area contributed by atoms with E-state index >= 15 is 0 Å². The second-order valence-electron chi connectivity index (χ2n) is 7.88. The van der Waals surface area contributed by atoms with Crippen LogP contribution in [0.1, 0.15) is 11.1 Å². The van der Waals surface area contributed by atoms with Gasteiger partial charge in [0.15, 0.2) is 0 Å². The summed E-state index contributed by atoms with van der Waals surface area (Å²) < 4.78 is 32.5. The summed E-state index contributed by atoms with van der Waals surface area (Å²) in [5.41, 5.74) is 2.13. The van der Waals surface area contributed by atoms with Crippen LogP contribution in [0.3, 0.4) is 0 Å². The highest BCUT2D eigenvalue weighted by Gasteiger charge is 2.23. The Hall–Kier alpha value is -3.48. The van der Waals surface area contributed by atoms with Gasteiger partial charge in [-0.25, -0.2) is 0 Å². The number of benzene rings is 2. The summed E-state index contributed by atoms with van der Waals surface area (Å²) in [6.45, 7) is 7.58. The lowest BCUT2D eigenvalue weighted by atomic mass is 10.2. The molecule has 2 aromatic rings. The first-order valence-electron chi connectivity index (χ1n) is 11.4. The van der Waals surface area contributed by atoms with Gasteiger partial charge in [0.1, 0.15) is 55.9 Å². The Morgan fingerprint density at radius 1 is 0.794 bits per heavy atom. The van der Waals surface area contributed by atoms with E-state index in [0.29, 0.717) is 32.2 Å². The molecule has 6 nitrogen and oxygen atoms in total. The van der Waals surface area contributed by atoms with Crippen molar-refractivity contribution >= 4 is 12.2 Å². The molecule has 2 unspecified atom stereocenters. The van der Waals surface area contributed by atoms with Crippen molar-refractivity contribution in [3.05, 3.63) is 96.5 Å². The van der Waals surface area contributed by atoms with Crippen molar-refractivity contribution < 1.29 is 28.4 Å². The molecule has 4 rings (SSSR count). The van der Waals surface area contributed by atoms with Gasteiger partial charge in [-0.1, -0.05) is 49.1 Å². The van der Waals surface area contributed by atoms with E-state index in [1.807, 2.05) is 78.9 Å². The van der Waals surface area contributed by atoms with Gasteiger partial charge in [-0.2, -0.15) is 0 Å². The quantitative estimate of drug-likeness (QED) is 0.160. The summed E-state index contributed by atoms with van der Waals surface area (Å²) in [6, 6.07) is 15.8. The maximum Gasteiger partial charge on any atom is 0.122 e. The largest absolute Gasteiger partial charge is 0.498 e. The molecule has 34 heavy (non-hydrogen) atoms. The zero-order valence-corrected chi connectivity index (χ0v) is 19.1. The fourth-order valence-corrected chi connectivity index (χ4v) is 2.85. The van der Waals surface area contributed by atoms with E-state index in [-0.39, 0.29) is 12.2 Å². The standard InChI is InChI=1S/C28H30O6/c1-22(5-6-24-9-13-26(14-10-24)32-19-28-21-34-28)30-17-16-29-15-3-2-4-23-7-11-25(12-8-23)31-18-27-20-33-27/h2-15,27-28H,1,16-21H2/b4-2-,6-5-,15-3?. The van der Waals surface area contributed by atoms with Crippen molar-refractivity contribution in [1.29, 1.82) is 0 Å². The monoisotopic (exact) mass is 462 g/mol. The summed E-state index contributed by atoms with van der Waals surface area (Å²) >= 11 is 0. The van der Waals surface area contributed by atoms with Gasteiger partial charge >= 0.3 is 0 Å². The highest BCUT2D eigenvalue weighted by molar-refractivity contribution is 5.53. The molecule has 0 radical (unpaired) electrons. The Labute approximate surface area is 200 Å². The zero-order chi connectivity index (χ0) is 23.4. The van der Waals surface area contributed by atoms with Gasteiger partial charge in [0.05, 0.1) is 19.5 Å². The summed E-state index contributed by atoms with van der Waals surface area (Å²) in [5.74, 6) is 2.27. The normalized spacial score (nSPS) is 18.9. The van der Waals surface area contributed by atoms with Gasteiger partial charge in [-0.3, -0.25) is 0 Å². The SMILES string of the molecule is C=C(/C=C\c1ccc(OCC2CO2)cc1)OCCOC=C/C=C\c1ccc(OCC2CO2)cc1. The van der Waals surface area contributed by atoms with Crippen LogP contribution >= 0.6 is 0 Å². The summed E-state index contributed by atoms with van der Waals surface area (Å²) in [7, 11) is 0. The second kappa shape index (κ2) is 12.7. The van der Waals surface area contributed by atoms with Crippen LogP contribution in [0.4, 0.5) is 0 Å². The Morgan fingerprint density at radius 2 is 1.35 bits per heavy atom. The van der Waals surface area contributed by atoms with Gasteiger partial charge < -0.3 is 28.4 Å². The molecule has 2 aromatic carbocycles. The van der Waals surface area contributed by atoms with E-state index in [4.69, 9.17) is 28.4 Å². The van der Waals surface area contributed by atoms with Gasteiger partial charge in [-0.05, 0) is 47.5 Å². The van der Waals surface area contributed by atoms with Crippen LogP contribution in [0, 0.1) is 0 Å². The Bertz CT molecular complexity index is 983. The van der Waals surface area contributed by atoms with Gasteiger partial charge in [0.25, 0.3) is 0 Å². The maximum atomic E-state index is 5.63. The number of rotatable bonds is 15. The number of ether oxygens (including phenoxy) is 6. The maximum absolute atomic E-state index is 5.63. The van der Waals surface area contributed by atoms with Crippen molar-refractivity contribution in [2.24, 2.45) is 0 Å². The van der Waals surface area contributed by atoms with Gasteiger partial charge in [0.2, 0.25) is 0 Å². The van der Waals surface area contributed by atoms with Crippen molar-refractivity contribution in [1.82, 2.24) is 0 Å². The Balaban J connectivity index is 1.05.